The fraction of sp³-hybridized carbons (Fsp3) is 0.0714. The molecule has 0 radical (unpaired) electrons. The lowest BCUT2D eigenvalue weighted by Crippen LogP contribution is -2.21. The van der Waals surface area contributed by atoms with E-state index in [0.717, 1.165) is 12.1 Å². The van der Waals surface area contributed by atoms with Gasteiger partial charge in [-0.05, 0) is 36.4 Å². The summed E-state index contributed by atoms with van der Waals surface area (Å²) in [5.74, 6) is -1.20. The minimum atomic E-state index is -1.49. The molecule has 0 saturated carbocycles. The first kappa shape index (κ1) is 14.8. The first-order chi connectivity index (χ1) is 9.47. The number of aliphatic hydroxyl groups excluding tert-OH is 1. The molecule has 0 aromatic heterocycles. The van der Waals surface area contributed by atoms with Crippen molar-refractivity contribution in [3.05, 3.63) is 63.9 Å². The molecule has 0 bridgehead atoms. The number of hydrogen-bond acceptors (Lipinski definition) is 2. The quantitative estimate of drug-likeness (QED) is 0.905. The Kier molecular flexibility index (Phi) is 4.60. The SMILES string of the molecule is O=C(Nc1ccc(Cl)cc1)C(O)c1ccc(F)cc1Cl. The normalized spacial score (nSPS) is 12.0. The van der Waals surface area contributed by atoms with Gasteiger partial charge in [-0.3, -0.25) is 4.79 Å². The van der Waals surface area contributed by atoms with Gasteiger partial charge in [0, 0.05) is 21.3 Å². The van der Waals surface area contributed by atoms with Crippen molar-refractivity contribution in [2.45, 2.75) is 6.10 Å². The monoisotopic (exact) mass is 313 g/mol. The maximum atomic E-state index is 12.9. The van der Waals surface area contributed by atoms with Crippen LogP contribution in [0, 0.1) is 5.82 Å². The molecular weight excluding hydrogens is 304 g/mol. The Morgan fingerprint density at radius 3 is 2.40 bits per heavy atom. The van der Waals surface area contributed by atoms with Gasteiger partial charge in [0.05, 0.1) is 0 Å². The Morgan fingerprint density at radius 1 is 1.15 bits per heavy atom. The van der Waals surface area contributed by atoms with Crippen molar-refractivity contribution in [3.8, 4) is 0 Å². The Morgan fingerprint density at radius 2 is 1.80 bits per heavy atom. The van der Waals surface area contributed by atoms with Crippen LogP contribution < -0.4 is 5.32 Å². The lowest BCUT2D eigenvalue weighted by atomic mass is 10.1. The molecule has 0 aliphatic rings. The molecule has 1 unspecified atom stereocenters. The molecule has 0 aliphatic carbocycles. The van der Waals surface area contributed by atoms with Crippen LogP contribution in [0.3, 0.4) is 0 Å². The van der Waals surface area contributed by atoms with Crippen LogP contribution in [0.4, 0.5) is 10.1 Å². The average Bonchev–Trinajstić information content (AvgIpc) is 2.40. The lowest BCUT2D eigenvalue weighted by Gasteiger charge is -2.13. The van der Waals surface area contributed by atoms with Gasteiger partial charge in [-0.2, -0.15) is 0 Å². The van der Waals surface area contributed by atoms with Crippen LogP contribution in [-0.4, -0.2) is 11.0 Å². The minimum Gasteiger partial charge on any atom is -0.378 e. The van der Waals surface area contributed by atoms with Crippen molar-refractivity contribution in [3.63, 3.8) is 0 Å². The molecule has 2 aromatic rings. The molecule has 104 valence electrons. The van der Waals surface area contributed by atoms with Crippen LogP contribution in [0.2, 0.25) is 10.0 Å². The van der Waals surface area contributed by atoms with E-state index in [2.05, 4.69) is 5.32 Å². The molecule has 0 spiro atoms. The van der Waals surface area contributed by atoms with Crippen molar-refractivity contribution >= 4 is 34.8 Å². The summed E-state index contributed by atoms with van der Waals surface area (Å²) in [6.07, 6.45) is -1.49. The van der Waals surface area contributed by atoms with E-state index in [0.29, 0.717) is 10.7 Å². The van der Waals surface area contributed by atoms with Gasteiger partial charge in [-0.25, -0.2) is 4.39 Å². The molecule has 1 atom stereocenters. The van der Waals surface area contributed by atoms with Crippen molar-refractivity contribution in [1.29, 1.82) is 0 Å². The summed E-state index contributed by atoms with van der Waals surface area (Å²) < 4.78 is 12.9. The van der Waals surface area contributed by atoms with Crippen LogP contribution in [0.5, 0.6) is 0 Å². The number of benzene rings is 2. The van der Waals surface area contributed by atoms with Crippen molar-refractivity contribution in [1.82, 2.24) is 0 Å². The molecule has 2 rings (SSSR count). The molecule has 20 heavy (non-hydrogen) atoms. The number of carbonyl (C=O) groups excluding carboxylic acids is 1. The Balaban J connectivity index is 2.14. The van der Waals surface area contributed by atoms with Gasteiger partial charge in [0.25, 0.3) is 5.91 Å². The zero-order valence-electron chi connectivity index (χ0n) is 10.1. The zero-order valence-corrected chi connectivity index (χ0v) is 11.6. The zero-order chi connectivity index (χ0) is 14.7. The second-order valence-electron chi connectivity index (χ2n) is 4.06. The summed E-state index contributed by atoms with van der Waals surface area (Å²) in [6, 6.07) is 9.83. The summed E-state index contributed by atoms with van der Waals surface area (Å²) >= 11 is 11.5. The third-order valence-electron chi connectivity index (χ3n) is 2.62. The third-order valence-corrected chi connectivity index (χ3v) is 3.20. The van der Waals surface area contributed by atoms with Crippen LogP contribution >= 0.6 is 23.2 Å². The van der Waals surface area contributed by atoms with E-state index in [4.69, 9.17) is 23.2 Å². The van der Waals surface area contributed by atoms with Gasteiger partial charge in [0.1, 0.15) is 5.82 Å². The van der Waals surface area contributed by atoms with Gasteiger partial charge in [0.2, 0.25) is 0 Å². The molecule has 6 heteroatoms. The highest BCUT2D eigenvalue weighted by Gasteiger charge is 2.20. The van der Waals surface area contributed by atoms with E-state index < -0.39 is 17.8 Å². The van der Waals surface area contributed by atoms with Crippen LogP contribution in [0.1, 0.15) is 11.7 Å². The Bertz CT molecular complexity index is 632. The minimum absolute atomic E-state index is 0.0104. The summed E-state index contributed by atoms with van der Waals surface area (Å²) in [5, 5.41) is 13.0. The number of amides is 1. The fourth-order valence-electron chi connectivity index (χ4n) is 1.61. The van der Waals surface area contributed by atoms with Gasteiger partial charge in [0.15, 0.2) is 6.10 Å². The van der Waals surface area contributed by atoms with Gasteiger partial charge in [-0.1, -0.05) is 29.3 Å². The van der Waals surface area contributed by atoms with Gasteiger partial charge in [-0.15, -0.1) is 0 Å². The Hall–Kier alpha value is -1.62. The highest BCUT2D eigenvalue weighted by molar-refractivity contribution is 6.31. The molecule has 2 aromatic carbocycles. The number of hydrogen-bond donors (Lipinski definition) is 2. The summed E-state index contributed by atoms with van der Waals surface area (Å²) in [7, 11) is 0. The number of nitrogens with one attached hydrogen (secondary N) is 1. The molecule has 0 aliphatic heterocycles. The summed E-state index contributed by atoms with van der Waals surface area (Å²) in [6.45, 7) is 0. The summed E-state index contributed by atoms with van der Waals surface area (Å²) in [4.78, 5) is 11.9. The van der Waals surface area contributed by atoms with E-state index in [-0.39, 0.29) is 10.6 Å². The predicted octanol–water partition coefficient (Wildman–Crippen LogP) is 3.80. The van der Waals surface area contributed by atoms with E-state index >= 15 is 0 Å². The van der Waals surface area contributed by atoms with Crippen molar-refractivity contribution < 1.29 is 14.3 Å². The van der Waals surface area contributed by atoms with Crippen LogP contribution in [-0.2, 0) is 4.79 Å². The van der Waals surface area contributed by atoms with Crippen LogP contribution in [0.15, 0.2) is 42.5 Å². The van der Waals surface area contributed by atoms with Crippen molar-refractivity contribution in [2.24, 2.45) is 0 Å². The molecular formula is C14H10Cl2FNO2. The lowest BCUT2D eigenvalue weighted by molar-refractivity contribution is -0.124. The van der Waals surface area contributed by atoms with E-state index in [9.17, 15) is 14.3 Å². The second-order valence-corrected chi connectivity index (χ2v) is 4.91. The number of rotatable bonds is 3. The molecule has 0 fully saturated rings. The Labute approximate surface area is 124 Å². The molecule has 0 heterocycles. The number of aliphatic hydroxyl groups is 1. The predicted molar refractivity (Wildman–Crippen MR) is 76.5 cm³/mol. The molecule has 0 saturated heterocycles. The fourth-order valence-corrected chi connectivity index (χ4v) is 2.00. The van der Waals surface area contributed by atoms with E-state index in [1.54, 1.807) is 24.3 Å². The maximum Gasteiger partial charge on any atom is 0.257 e. The molecule has 2 N–H and O–H groups in total. The first-order valence-electron chi connectivity index (χ1n) is 5.67. The van der Waals surface area contributed by atoms with Crippen LogP contribution in [0.25, 0.3) is 0 Å². The van der Waals surface area contributed by atoms with Gasteiger partial charge >= 0.3 is 0 Å². The second kappa shape index (κ2) is 6.22. The number of halogens is 3. The topological polar surface area (TPSA) is 49.3 Å². The van der Waals surface area contributed by atoms with Crippen molar-refractivity contribution in [2.75, 3.05) is 5.32 Å². The standard InChI is InChI=1S/C14H10Cl2FNO2/c15-8-1-4-10(5-2-8)18-14(20)13(19)11-6-3-9(17)7-12(11)16/h1-7,13,19H,(H,18,20). The smallest absolute Gasteiger partial charge is 0.257 e. The first-order valence-corrected chi connectivity index (χ1v) is 6.42. The molecule has 1 amide bonds. The molecule has 3 nitrogen and oxygen atoms in total. The maximum absolute atomic E-state index is 12.9. The highest BCUT2D eigenvalue weighted by Crippen LogP contribution is 2.25. The highest BCUT2D eigenvalue weighted by atomic mass is 35.5. The number of anilines is 1. The van der Waals surface area contributed by atoms with Gasteiger partial charge < -0.3 is 10.4 Å². The largest absolute Gasteiger partial charge is 0.378 e. The van der Waals surface area contributed by atoms with E-state index in [1.165, 1.54) is 6.07 Å². The average molecular weight is 314 g/mol. The third kappa shape index (κ3) is 3.48. The number of carbonyl (C=O) groups is 1. The van der Waals surface area contributed by atoms with E-state index in [1.807, 2.05) is 0 Å². The summed E-state index contributed by atoms with van der Waals surface area (Å²) in [5.41, 5.74) is 0.621.